The number of nitrogens with two attached hydrogens (primary N) is 1. The average molecular weight is 234 g/mol. The van der Waals surface area contributed by atoms with Crippen molar-refractivity contribution < 1.29 is 4.74 Å². The van der Waals surface area contributed by atoms with Gasteiger partial charge in [-0.1, -0.05) is 18.2 Å². The molecule has 2 rings (SSSR count). The number of methoxy groups -OCH3 is 1. The normalized spacial score (nSPS) is 18.2. The first-order chi connectivity index (χ1) is 8.29. The second-order valence-electron chi connectivity index (χ2n) is 4.78. The van der Waals surface area contributed by atoms with Gasteiger partial charge in [-0.05, 0) is 44.0 Å². The SMILES string of the molecule is COc1ccccc1CC(N)CN1CCCC1. The van der Waals surface area contributed by atoms with Gasteiger partial charge in [0.1, 0.15) is 5.75 Å². The molecule has 1 fully saturated rings. The van der Waals surface area contributed by atoms with Gasteiger partial charge in [0, 0.05) is 12.6 Å². The largest absolute Gasteiger partial charge is 0.496 e. The quantitative estimate of drug-likeness (QED) is 0.842. The minimum atomic E-state index is 0.199. The molecular formula is C14H22N2O. The second-order valence-corrected chi connectivity index (χ2v) is 4.78. The van der Waals surface area contributed by atoms with Crippen molar-refractivity contribution in [3.8, 4) is 5.75 Å². The van der Waals surface area contributed by atoms with E-state index in [9.17, 15) is 0 Å². The molecule has 1 saturated heterocycles. The van der Waals surface area contributed by atoms with Crippen LogP contribution in [0.3, 0.4) is 0 Å². The molecule has 0 amide bonds. The van der Waals surface area contributed by atoms with Crippen LogP contribution in [0.25, 0.3) is 0 Å². The van der Waals surface area contributed by atoms with E-state index in [2.05, 4.69) is 11.0 Å². The summed E-state index contributed by atoms with van der Waals surface area (Å²) in [6.45, 7) is 3.41. The van der Waals surface area contributed by atoms with Gasteiger partial charge in [-0.15, -0.1) is 0 Å². The summed E-state index contributed by atoms with van der Waals surface area (Å²) in [6, 6.07) is 8.33. The molecule has 0 aliphatic carbocycles. The van der Waals surface area contributed by atoms with Crippen LogP contribution in [0.1, 0.15) is 18.4 Å². The molecule has 1 aliphatic rings. The van der Waals surface area contributed by atoms with Crippen molar-refractivity contribution in [3.05, 3.63) is 29.8 Å². The number of ether oxygens (including phenoxy) is 1. The van der Waals surface area contributed by atoms with E-state index in [-0.39, 0.29) is 6.04 Å². The summed E-state index contributed by atoms with van der Waals surface area (Å²) in [7, 11) is 1.71. The van der Waals surface area contributed by atoms with Crippen LogP contribution in [0, 0.1) is 0 Å². The maximum Gasteiger partial charge on any atom is 0.122 e. The van der Waals surface area contributed by atoms with Gasteiger partial charge in [0.15, 0.2) is 0 Å². The summed E-state index contributed by atoms with van der Waals surface area (Å²) in [5.41, 5.74) is 7.42. The molecule has 3 nitrogen and oxygen atoms in total. The molecule has 0 aromatic heterocycles. The Morgan fingerprint density at radius 1 is 1.29 bits per heavy atom. The second kappa shape index (κ2) is 6.03. The zero-order valence-electron chi connectivity index (χ0n) is 10.6. The molecule has 1 atom stereocenters. The van der Waals surface area contributed by atoms with Gasteiger partial charge in [-0.3, -0.25) is 0 Å². The number of rotatable bonds is 5. The summed E-state index contributed by atoms with van der Waals surface area (Å²) in [5.74, 6) is 0.948. The molecule has 94 valence electrons. The van der Waals surface area contributed by atoms with Crippen LogP contribution < -0.4 is 10.5 Å². The fraction of sp³-hybridized carbons (Fsp3) is 0.571. The van der Waals surface area contributed by atoms with Gasteiger partial charge >= 0.3 is 0 Å². The zero-order chi connectivity index (χ0) is 12.1. The van der Waals surface area contributed by atoms with Crippen molar-refractivity contribution in [2.45, 2.75) is 25.3 Å². The van der Waals surface area contributed by atoms with Gasteiger partial charge in [0.2, 0.25) is 0 Å². The molecule has 1 heterocycles. The summed E-state index contributed by atoms with van der Waals surface area (Å²) >= 11 is 0. The molecule has 1 aliphatic heterocycles. The van der Waals surface area contributed by atoms with Crippen molar-refractivity contribution >= 4 is 0 Å². The zero-order valence-corrected chi connectivity index (χ0v) is 10.6. The maximum atomic E-state index is 6.21. The van der Waals surface area contributed by atoms with E-state index in [1.807, 2.05) is 18.2 Å². The van der Waals surface area contributed by atoms with E-state index in [1.165, 1.54) is 31.5 Å². The monoisotopic (exact) mass is 234 g/mol. The molecular weight excluding hydrogens is 212 g/mol. The van der Waals surface area contributed by atoms with Crippen LogP contribution in [-0.2, 0) is 6.42 Å². The van der Waals surface area contributed by atoms with Crippen molar-refractivity contribution in [2.24, 2.45) is 5.73 Å². The lowest BCUT2D eigenvalue weighted by atomic mass is 10.1. The molecule has 0 bridgehead atoms. The molecule has 1 unspecified atom stereocenters. The van der Waals surface area contributed by atoms with E-state index in [0.29, 0.717) is 0 Å². The Morgan fingerprint density at radius 3 is 2.71 bits per heavy atom. The molecule has 3 heteroatoms. The van der Waals surface area contributed by atoms with Crippen LogP contribution >= 0.6 is 0 Å². The van der Waals surface area contributed by atoms with Gasteiger partial charge in [0.25, 0.3) is 0 Å². The standard InChI is InChI=1S/C14H22N2O/c1-17-14-7-3-2-6-12(14)10-13(15)11-16-8-4-5-9-16/h2-3,6-7,13H,4-5,8-11,15H2,1H3. The Labute approximate surface area is 104 Å². The fourth-order valence-electron chi connectivity index (χ4n) is 2.52. The first-order valence-corrected chi connectivity index (χ1v) is 6.39. The van der Waals surface area contributed by atoms with Gasteiger partial charge < -0.3 is 15.4 Å². The van der Waals surface area contributed by atoms with Crippen LogP contribution in [-0.4, -0.2) is 37.7 Å². The summed E-state index contributed by atoms with van der Waals surface area (Å²) < 4.78 is 5.35. The van der Waals surface area contributed by atoms with Crippen molar-refractivity contribution in [1.29, 1.82) is 0 Å². The molecule has 0 saturated carbocycles. The number of hydrogen-bond acceptors (Lipinski definition) is 3. The van der Waals surface area contributed by atoms with E-state index in [0.717, 1.165) is 18.7 Å². The van der Waals surface area contributed by atoms with Crippen LogP contribution in [0.4, 0.5) is 0 Å². The number of nitrogens with zero attached hydrogens (tertiary/aromatic N) is 1. The highest BCUT2D eigenvalue weighted by Gasteiger charge is 2.16. The Morgan fingerprint density at radius 2 is 2.00 bits per heavy atom. The molecule has 0 radical (unpaired) electrons. The third-order valence-corrected chi connectivity index (χ3v) is 3.37. The first kappa shape index (κ1) is 12.4. The summed E-state index contributed by atoms with van der Waals surface area (Å²) in [6.07, 6.45) is 3.53. The number of para-hydroxylation sites is 1. The third kappa shape index (κ3) is 3.45. The number of benzene rings is 1. The van der Waals surface area contributed by atoms with Gasteiger partial charge in [-0.2, -0.15) is 0 Å². The Balaban J connectivity index is 1.90. The fourth-order valence-corrected chi connectivity index (χ4v) is 2.52. The lowest BCUT2D eigenvalue weighted by molar-refractivity contribution is 0.311. The topological polar surface area (TPSA) is 38.5 Å². The van der Waals surface area contributed by atoms with Crippen molar-refractivity contribution in [3.63, 3.8) is 0 Å². The Hall–Kier alpha value is -1.06. The Kier molecular flexibility index (Phi) is 4.40. The molecule has 0 spiro atoms. The van der Waals surface area contributed by atoms with Crippen molar-refractivity contribution in [1.82, 2.24) is 4.90 Å². The lowest BCUT2D eigenvalue weighted by Gasteiger charge is -2.20. The minimum Gasteiger partial charge on any atom is -0.496 e. The average Bonchev–Trinajstić information content (AvgIpc) is 2.82. The number of hydrogen-bond donors (Lipinski definition) is 1. The highest BCUT2D eigenvalue weighted by atomic mass is 16.5. The van der Waals surface area contributed by atoms with Crippen LogP contribution in [0.2, 0.25) is 0 Å². The summed E-state index contributed by atoms with van der Waals surface area (Å²) in [4.78, 5) is 2.46. The van der Waals surface area contributed by atoms with E-state index < -0.39 is 0 Å². The molecule has 2 N–H and O–H groups in total. The van der Waals surface area contributed by atoms with Crippen molar-refractivity contribution in [2.75, 3.05) is 26.7 Å². The number of likely N-dealkylation sites (tertiary alicyclic amines) is 1. The summed E-state index contributed by atoms with van der Waals surface area (Å²) in [5, 5.41) is 0. The van der Waals surface area contributed by atoms with E-state index >= 15 is 0 Å². The van der Waals surface area contributed by atoms with Crippen LogP contribution in [0.15, 0.2) is 24.3 Å². The predicted octanol–water partition coefficient (Wildman–Crippen LogP) is 1.66. The van der Waals surface area contributed by atoms with Gasteiger partial charge in [0.05, 0.1) is 7.11 Å². The Bertz CT molecular complexity index is 348. The molecule has 1 aromatic rings. The van der Waals surface area contributed by atoms with Gasteiger partial charge in [-0.25, -0.2) is 0 Å². The molecule has 17 heavy (non-hydrogen) atoms. The van der Waals surface area contributed by atoms with E-state index in [4.69, 9.17) is 10.5 Å². The molecule has 1 aromatic carbocycles. The highest BCUT2D eigenvalue weighted by molar-refractivity contribution is 5.33. The lowest BCUT2D eigenvalue weighted by Crippen LogP contribution is -2.37. The smallest absolute Gasteiger partial charge is 0.122 e. The highest BCUT2D eigenvalue weighted by Crippen LogP contribution is 2.19. The third-order valence-electron chi connectivity index (χ3n) is 3.37. The van der Waals surface area contributed by atoms with Crippen LogP contribution in [0.5, 0.6) is 5.75 Å². The van der Waals surface area contributed by atoms with E-state index in [1.54, 1.807) is 7.11 Å². The maximum absolute atomic E-state index is 6.21. The first-order valence-electron chi connectivity index (χ1n) is 6.39. The predicted molar refractivity (Wildman–Crippen MR) is 70.3 cm³/mol. The minimum absolute atomic E-state index is 0.199.